The van der Waals surface area contributed by atoms with Crippen LogP contribution in [0.2, 0.25) is 5.02 Å². The van der Waals surface area contributed by atoms with Gasteiger partial charge in [-0.3, -0.25) is 9.59 Å². The molecule has 1 heterocycles. The maximum atomic E-state index is 13.8. The van der Waals surface area contributed by atoms with Crippen LogP contribution in [0.4, 0.5) is 11.4 Å². The number of halogens is 1. The molecule has 5 aromatic rings. The van der Waals surface area contributed by atoms with Crippen LogP contribution in [0.15, 0.2) is 127 Å². The molecule has 2 N–H and O–H groups in total. The van der Waals surface area contributed by atoms with Gasteiger partial charge in [0.2, 0.25) is 0 Å². The number of carboxylic acid groups (broad SMARTS) is 1. The summed E-state index contributed by atoms with van der Waals surface area (Å²) in [6.45, 7) is 3.07. The highest BCUT2D eigenvalue weighted by molar-refractivity contribution is 6.31. The summed E-state index contributed by atoms with van der Waals surface area (Å²) in [6, 6.07) is 39.7. The van der Waals surface area contributed by atoms with Gasteiger partial charge in [-0.1, -0.05) is 90.5 Å². The first-order chi connectivity index (χ1) is 22.4. The Morgan fingerprint density at radius 3 is 2.09 bits per heavy atom. The molecule has 8 heteroatoms. The Labute approximate surface area is 273 Å². The van der Waals surface area contributed by atoms with Crippen molar-refractivity contribution in [3.63, 3.8) is 0 Å². The number of benzene rings is 5. The van der Waals surface area contributed by atoms with Crippen molar-refractivity contribution in [2.45, 2.75) is 12.5 Å². The molecule has 0 radical (unpaired) electrons. The number of hydrogen-bond donors (Lipinski definition) is 2. The Bertz CT molecular complexity index is 1790. The lowest BCUT2D eigenvalue weighted by Gasteiger charge is -2.38. The van der Waals surface area contributed by atoms with Gasteiger partial charge in [0.1, 0.15) is 11.5 Å². The fourth-order valence-corrected chi connectivity index (χ4v) is 5.95. The van der Waals surface area contributed by atoms with Crippen LogP contribution >= 0.6 is 11.6 Å². The number of hydrogen-bond acceptors (Lipinski definition) is 5. The van der Waals surface area contributed by atoms with E-state index in [1.807, 2.05) is 103 Å². The number of carbonyl (C=O) groups excluding carboxylic acids is 1. The van der Waals surface area contributed by atoms with E-state index in [0.717, 1.165) is 48.7 Å². The molecule has 1 amide bonds. The van der Waals surface area contributed by atoms with E-state index in [0.29, 0.717) is 21.9 Å². The Morgan fingerprint density at radius 1 is 0.761 bits per heavy atom. The van der Waals surface area contributed by atoms with E-state index >= 15 is 0 Å². The number of amides is 1. The van der Waals surface area contributed by atoms with Crippen LogP contribution in [0.3, 0.4) is 0 Å². The van der Waals surface area contributed by atoms with Gasteiger partial charge in [-0.05, 0) is 59.7 Å². The van der Waals surface area contributed by atoms with Gasteiger partial charge < -0.3 is 25.0 Å². The van der Waals surface area contributed by atoms with Crippen molar-refractivity contribution in [1.82, 2.24) is 5.32 Å². The molecule has 0 spiro atoms. The lowest BCUT2D eigenvalue weighted by molar-refractivity contribution is -0.137. The highest BCUT2D eigenvalue weighted by atomic mass is 35.5. The molecule has 7 nitrogen and oxygen atoms in total. The quantitative estimate of drug-likeness (QED) is 0.162. The number of anilines is 2. The number of ether oxygens (including phenoxy) is 1. The van der Waals surface area contributed by atoms with Gasteiger partial charge in [0.05, 0.1) is 18.0 Å². The maximum Gasteiger partial charge on any atom is 0.305 e. The van der Waals surface area contributed by atoms with Gasteiger partial charge >= 0.3 is 5.97 Å². The molecule has 1 unspecified atom stereocenters. The fourth-order valence-electron chi connectivity index (χ4n) is 5.78. The Morgan fingerprint density at radius 2 is 1.39 bits per heavy atom. The number of nitrogens with zero attached hydrogens (tertiary/aromatic N) is 2. The predicted octanol–water partition coefficient (Wildman–Crippen LogP) is 8.07. The minimum Gasteiger partial charge on any atom is -0.481 e. The lowest BCUT2D eigenvalue weighted by atomic mass is 9.98. The van der Waals surface area contributed by atoms with Gasteiger partial charge in [-0.25, -0.2) is 0 Å². The average Bonchev–Trinajstić information content (AvgIpc) is 3.09. The standard InChI is InChI=1S/C38H34ClN3O4/c39-29-19-20-35(42-23-21-41(22-24-42)30-9-3-1-4-10-30)33(25-29)38(45)40-34(26-37(43)44)28-17-15-27(16-18-28)32-13-7-8-14-36(32)46-31-11-5-2-6-12-31/h1-20,25,34H,21-24,26H2,(H,40,45)(H,43,44). The first-order valence-corrected chi connectivity index (χ1v) is 15.6. The van der Waals surface area contributed by atoms with Gasteiger partial charge in [-0.2, -0.15) is 0 Å². The highest BCUT2D eigenvalue weighted by Gasteiger charge is 2.25. The number of carboxylic acids is 1. The van der Waals surface area contributed by atoms with Crippen LogP contribution < -0.4 is 19.9 Å². The van der Waals surface area contributed by atoms with Crippen LogP contribution in [0.5, 0.6) is 11.5 Å². The predicted molar refractivity (Wildman–Crippen MR) is 183 cm³/mol. The molecule has 1 saturated heterocycles. The zero-order chi connectivity index (χ0) is 31.9. The minimum absolute atomic E-state index is 0.273. The van der Waals surface area contributed by atoms with Gasteiger partial charge in [-0.15, -0.1) is 0 Å². The summed E-state index contributed by atoms with van der Waals surface area (Å²) in [6.07, 6.45) is -0.273. The maximum absolute atomic E-state index is 13.8. The van der Waals surface area contributed by atoms with Crippen molar-refractivity contribution in [3.8, 4) is 22.6 Å². The molecule has 0 aliphatic carbocycles. The number of piperazine rings is 1. The summed E-state index contributed by atoms with van der Waals surface area (Å²) < 4.78 is 6.14. The largest absolute Gasteiger partial charge is 0.481 e. The lowest BCUT2D eigenvalue weighted by Crippen LogP contribution is -2.47. The molecule has 1 aliphatic heterocycles. The Hall–Kier alpha value is -5.27. The third-order valence-corrected chi connectivity index (χ3v) is 8.35. The van der Waals surface area contributed by atoms with Crippen molar-refractivity contribution in [3.05, 3.63) is 144 Å². The van der Waals surface area contributed by atoms with E-state index in [4.69, 9.17) is 16.3 Å². The number of carbonyl (C=O) groups is 2. The van der Waals surface area contributed by atoms with E-state index in [-0.39, 0.29) is 12.3 Å². The average molecular weight is 632 g/mol. The molecule has 0 aromatic heterocycles. The van der Waals surface area contributed by atoms with Crippen LogP contribution in [0.25, 0.3) is 11.1 Å². The SMILES string of the molecule is O=C(O)CC(NC(=O)c1cc(Cl)ccc1N1CCN(c2ccccc2)CC1)c1ccc(-c2ccccc2Oc2ccccc2)cc1. The van der Waals surface area contributed by atoms with Crippen LogP contribution in [-0.2, 0) is 4.79 Å². The Balaban J connectivity index is 1.20. The van der Waals surface area contributed by atoms with E-state index in [1.165, 1.54) is 5.69 Å². The van der Waals surface area contributed by atoms with E-state index in [2.05, 4.69) is 27.2 Å². The second-order valence-corrected chi connectivity index (χ2v) is 11.6. The van der Waals surface area contributed by atoms with Crippen molar-refractivity contribution in [2.24, 2.45) is 0 Å². The van der Waals surface area contributed by atoms with Crippen LogP contribution in [0, 0.1) is 0 Å². The van der Waals surface area contributed by atoms with Crippen molar-refractivity contribution in [1.29, 1.82) is 0 Å². The summed E-state index contributed by atoms with van der Waals surface area (Å²) in [7, 11) is 0. The van der Waals surface area contributed by atoms with Gasteiger partial charge in [0.25, 0.3) is 5.91 Å². The number of para-hydroxylation sites is 3. The van der Waals surface area contributed by atoms with Gasteiger partial charge in [0.15, 0.2) is 0 Å². The van der Waals surface area contributed by atoms with Gasteiger partial charge in [0, 0.05) is 48.1 Å². The molecule has 46 heavy (non-hydrogen) atoms. The third kappa shape index (κ3) is 7.33. The first kappa shape index (κ1) is 30.7. The molecule has 5 aromatic carbocycles. The van der Waals surface area contributed by atoms with E-state index in [9.17, 15) is 14.7 Å². The first-order valence-electron chi connectivity index (χ1n) is 15.2. The van der Waals surface area contributed by atoms with Crippen LogP contribution in [0.1, 0.15) is 28.4 Å². The second-order valence-electron chi connectivity index (χ2n) is 11.1. The second kappa shape index (κ2) is 14.2. The topological polar surface area (TPSA) is 82.1 Å². The molecule has 0 saturated carbocycles. The summed E-state index contributed by atoms with van der Waals surface area (Å²) >= 11 is 6.37. The van der Waals surface area contributed by atoms with E-state index in [1.54, 1.807) is 12.1 Å². The van der Waals surface area contributed by atoms with Crippen molar-refractivity contribution < 1.29 is 19.4 Å². The molecule has 1 atom stereocenters. The summed E-state index contributed by atoms with van der Waals surface area (Å²) in [4.78, 5) is 30.2. The smallest absolute Gasteiger partial charge is 0.305 e. The number of aliphatic carboxylic acids is 1. The van der Waals surface area contributed by atoms with Crippen LogP contribution in [-0.4, -0.2) is 43.2 Å². The fraction of sp³-hybridized carbons (Fsp3) is 0.158. The molecule has 1 aliphatic rings. The number of nitrogens with one attached hydrogen (secondary N) is 1. The summed E-state index contributed by atoms with van der Waals surface area (Å²) in [5.74, 6) is 0.0449. The summed E-state index contributed by atoms with van der Waals surface area (Å²) in [5, 5.41) is 13.2. The molecular weight excluding hydrogens is 598 g/mol. The van der Waals surface area contributed by atoms with E-state index < -0.39 is 12.0 Å². The zero-order valence-electron chi connectivity index (χ0n) is 25.2. The molecule has 1 fully saturated rings. The summed E-state index contributed by atoms with van der Waals surface area (Å²) in [5.41, 5.74) is 4.84. The number of rotatable bonds is 10. The normalized spacial score (nSPS) is 13.6. The molecular formula is C38H34ClN3O4. The monoisotopic (exact) mass is 631 g/mol. The van der Waals surface area contributed by atoms with Crippen molar-refractivity contribution in [2.75, 3.05) is 36.0 Å². The molecule has 232 valence electrons. The highest BCUT2D eigenvalue weighted by Crippen LogP contribution is 2.34. The molecule has 0 bridgehead atoms. The minimum atomic E-state index is -1.01. The zero-order valence-corrected chi connectivity index (χ0v) is 25.9. The Kier molecular flexibility index (Phi) is 9.51. The third-order valence-electron chi connectivity index (χ3n) is 8.11. The molecule has 6 rings (SSSR count). The van der Waals surface area contributed by atoms with Crippen molar-refractivity contribution >= 4 is 34.9 Å².